The molecule has 0 aliphatic carbocycles. The van der Waals surface area contributed by atoms with Gasteiger partial charge in [0.1, 0.15) is 5.03 Å². The molecule has 10 heteroatoms. The van der Waals surface area contributed by atoms with Crippen LogP contribution < -0.4 is 5.32 Å². The van der Waals surface area contributed by atoms with E-state index >= 15 is 0 Å². The summed E-state index contributed by atoms with van der Waals surface area (Å²) >= 11 is 1.29. The van der Waals surface area contributed by atoms with Crippen LogP contribution in [0.25, 0.3) is 10.9 Å². The van der Waals surface area contributed by atoms with Gasteiger partial charge in [-0.1, -0.05) is 13.0 Å². The van der Waals surface area contributed by atoms with Crippen LogP contribution in [0.3, 0.4) is 0 Å². The molecule has 0 saturated carbocycles. The number of alkyl halides is 3. The van der Waals surface area contributed by atoms with Crippen LogP contribution in [0, 0.1) is 6.92 Å². The number of hydrogen-bond donors (Lipinski definition) is 1. The van der Waals surface area contributed by atoms with Gasteiger partial charge in [-0.25, -0.2) is 4.98 Å². The van der Waals surface area contributed by atoms with Gasteiger partial charge in [0.25, 0.3) is 5.91 Å². The topological polar surface area (TPSA) is 80.9 Å². The first-order valence-corrected chi connectivity index (χ1v) is 8.97. The highest BCUT2D eigenvalue weighted by molar-refractivity contribution is 7.99. The quantitative estimate of drug-likeness (QED) is 0.657. The molecule has 1 aromatic carbocycles. The van der Waals surface area contributed by atoms with E-state index in [0.717, 1.165) is 18.5 Å². The average molecular weight is 396 g/mol. The molecule has 3 aromatic rings. The number of benzene rings is 1. The highest BCUT2D eigenvalue weighted by atomic mass is 32.2. The van der Waals surface area contributed by atoms with Crippen LogP contribution in [-0.2, 0) is 12.7 Å². The Morgan fingerprint density at radius 2 is 2.11 bits per heavy atom. The van der Waals surface area contributed by atoms with E-state index in [2.05, 4.69) is 20.5 Å². The molecular weight excluding hydrogens is 381 g/mol. The number of nitrogens with zero attached hydrogens (tertiary/aromatic N) is 3. The van der Waals surface area contributed by atoms with Gasteiger partial charge in [0.15, 0.2) is 0 Å². The molecule has 2 aromatic heterocycles. The van der Waals surface area contributed by atoms with Crippen LogP contribution in [-0.4, -0.2) is 26.8 Å². The number of carbonyl (C=O) groups is 1. The van der Waals surface area contributed by atoms with Crippen molar-refractivity contribution in [1.82, 2.24) is 20.5 Å². The number of amides is 1. The number of nitrogens with one attached hydrogen (secondary N) is 1. The van der Waals surface area contributed by atoms with Gasteiger partial charge in [0.05, 0.1) is 23.2 Å². The Morgan fingerprint density at radius 1 is 1.33 bits per heavy atom. The Hall–Kier alpha value is -2.62. The Kier molecular flexibility index (Phi) is 5.36. The predicted octanol–water partition coefficient (Wildman–Crippen LogP) is 3.99. The Labute approximate surface area is 156 Å². The highest BCUT2D eigenvalue weighted by Crippen LogP contribution is 2.34. The third kappa shape index (κ3) is 4.05. The summed E-state index contributed by atoms with van der Waals surface area (Å²) in [5.74, 6) is 0.450. The van der Waals surface area contributed by atoms with Gasteiger partial charge in [-0.15, -0.1) is 22.0 Å². The van der Waals surface area contributed by atoms with Crippen LogP contribution >= 0.6 is 11.8 Å². The zero-order valence-electron chi connectivity index (χ0n) is 14.4. The molecule has 3 rings (SSSR count). The van der Waals surface area contributed by atoms with Crippen molar-refractivity contribution in [3.63, 3.8) is 0 Å². The zero-order valence-corrected chi connectivity index (χ0v) is 15.2. The number of hydrogen-bond acceptors (Lipinski definition) is 6. The maximum Gasteiger partial charge on any atom is 0.416 e. The molecule has 0 aliphatic heterocycles. The fraction of sp³-hybridized carbons (Fsp3) is 0.294. The van der Waals surface area contributed by atoms with E-state index in [1.54, 1.807) is 6.92 Å². The van der Waals surface area contributed by atoms with Crippen molar-refractivity contribution in [2.45, 2.75) is 31.6 Å². The van der Waals surface area contributed by atoms with Crippen molar-refractivity contribution in [1.29, 1.82) is 0 Å². The van der Waals surface area contributed by atoms with Crippen LogP contribution in [0.15, 0.2) is 34.0 Å². The number of aryl methyl sites for hydroxylation is 1. The fourth-order valence-electron chi connectivity index (χ4n) is 2.60. The lowest BCUT2D eigenvalue weighted by molar-refractivity contribution is -0.137. The molecule has 0 saturated heterocycles. The van der Waals surface area contributed by atoms with E-state index < -0.39 is 17.6 Å². The Bertz CT molecular complexity index is 974. The van der Waals surface area contributed by atoms with Gasteiger partial charge < -0.3 is 9.73 Å². The summed E-state index contributed by atoms with van der Waals surface area (Å²) in [6.07, 6.45) is -3.30. The van der Waals surface area contributed by atoms with Crippen LogP contribution in [0.2, 0.25) is 0 Å². The number of halogens is 3. The van der Waals surface area contributed by atoms with Crippen molar-refractivity contribution < 1.29 is 22.4 Å². The van der Waals surface area contributed by atoms with E-state index in [1.807, 2.05) is 6.92 Å². The van der Waals surface area contributed by atoms with Crippen LogP contribution in [0.4, 0.5) is 13.2 Å². The normalized spacial score (nSPS) is 11.7. The third-order valence-electron chi connectivity index (χ3n) is 3.85. The van der Waals surface area contributed by atoms with Crippen LogP contribution in [0.1, 0.15) is 34.3 Å². The van der Waals surface area contributed by atoms with Gasteiger partial charge in [-0.05, 0) is 30.4 Å². The zero-order chi connectivity index (χ0) is 19.6. The summed E-state index contributed by atoms with van der Waals surface area (Å²) in [5.41, 5.74) is 0.316. The summed E-state index contributed by atoms with van der Waals surface area (Å²) < 4.78 is 43.9. The van der Waals surface area contributed by atoms with Crippen LogP contribution in [0.5, 0.6) is 0 Å². The van der Waals surface area contributed by atoms with Gasteiger partial charge in [0.2, 0.25) is 12.3 Å². The number of carbonyl (C=O) groups excluding carboxylic acids is 1. The van der Waals surface area contributed by atoms with E-state index in [0.29, 0.717) is 27.3 Å². The first-order valence-electron chi connectivity index (χ1n) is 7.98. The maximum atomic E-state index is 13.0. The lowest BCUT2D eigenvalue weighted by Gasteiger charge is -2.15. The lowest BCUT2D eigenvalue weighted by atomic mass is 10.0. The van der Waals surface area contributed by atoms with Crippen molar-refractivity contribution in [3.8, 4) is 0 Å². The molecular formula is C17H15F3N4O2S. The monoisotopic (exact) mass is 396 g/mol. The third-order valence-corrected chi connectivity index (χ3v) is 4.71. The molecule has 0 atom stereocenters. The van der Waals surface area contributed by atoms with Crippen molar-refractivity contribution in [2.24, 2.45) is 0 Å². The van der Waals surface area contributed by atoms with Crippen molar-refractivity contribution in [2.75, 3.05) is 5.75 Å². The molecule has 2 heterocycles. The first kappa shape index (κ1) is 19.2. The fourth-order valence-corrected chi connectivity index (χ4v) is 3.43. The second-order valence-electron chi connectivity index (χ2n) is 5.59. The Morgan fingerprint density at radius 3 is 2.74 bits per heavy atom. The second kappa shape index (κ2) is 7.55. The average Bonchev–Trinajstić information content (AvgIpc) is 3.12. The molecule has 0 fully saturated rings. The molecule has 0 unspecified atom stereocenters. The molecule has 0 spiro atoms. The maximum absolute atomic E-state index is 13.0. The molecule has 1 amide bonds. The molecule has 27 heavy (non-hydrogen) atoms. The number of pyridine rings is 1. The molecule has 0 radical (unpaired) electrons. The SMILES string of the molecule is CCSc1nc2cc(C(F)(F)F)ccc2c(C)c1C(=O)NCc1nnco1. The minimum Gasteiger partial charge on any atom is -0.426 e. The first-order chi connectivity index (χ1) is 12.8. The summed E-state index contributed by atoms with van der Waals surface area (Å²) in [4.78, 5) is 17.0. The summed E-state index contributed by atoms with van der Waals surface area (Å²) in [6, 6.07) is 3.33. The summed E-state index contributed by atoms with van der Waals surface area (Å²) in [6.45, 7) is 3.61. The minimum absolute atomic E-state index is 0.0412. The van der Waals surface area contributed by atoms with E-state index in [1.165, 1.54) is 17.8 Å². The van der Waals surface area contributed by atoms with Crippen molar-refractivity contribution in [3.05, 3.63) is 47.2 Å². The van der Waals surface area contributed by atoms with E-state index in [4.69, 9.17) is 4.42 Å². The number of fused-ring (bicyclic) bond motifs is 1. The molecule has 0 aliphatic rings. The largest absolute Gasteiger partial charge is 0.426 e. The molecule has 142 valence electrons. The van der Waals surface area contributed by atoms with Gasteiger partial charge in [-0.2, -0.15) is 13.2 Å². The van der Waals surface area contributed by atoms with E-state index in [9.17, 15) is 18.0 Å². The number of rotatable bonds is 5. The summed E-state index contributed by atoms with van der Waals surface area (Å²) in [7, 11) is 0. The van der Waals surface area contributed by atoms with Gasteiger partial charge in [0, 0.05) is 5.39 Å². The minimum atomic E-state index is -4.46. The standard InChI is InChI=1S/C17H15F3N4O2S/c1-3-27-16-14(15(25)21-7-13-24-22-8-26-13)9(2)11-5-4-10(17(18,19)20)6-12(11)23-16/h4-6,8H,3,7H2,1-2H3,(H,21,25). The van der Waals surface area contributed by atoms with Crippen molar-refractivity contribution >= 4 is 28.6 Å². The molecule has 1 N–H and O–H groups in total. The molecule has 6 nitrogen and oxygen atoms in total. The smallest absolute Gasteiger partial charge is 0.416 e. The van der Waals surface area contributed by atoms with Gasteiger partial charge in [-0.3, -0.25) is 4.79 Å². The van der Waals surface area contributed by atoms with Gasteiger partial charge >= 0.3 is 6.18 Å². The lowest BCUT2D eigenvalue weighted by Crippen LogP contribution is -2.25. The highest BCUT2D eigenvalue weighted by Gasteiger charge is 2.31. The number of aromatic nitrogens is 3. The second-order valence-corrected chi connectivity index (χ2v) is 6.85. The number of thioether (sulfide) groups is 1. The van der Waals surface area contributed by atoms with E-state index in [-0.39, 0.29) is 18.0 Å². The predicted molar refractivity (Wildman–Crippen MR) is 93.3 cm³/mol. The summed E-state index contributed by atoms with van der Waals surface area (Å²) in [5, 5.41) is 10.8. The molecule has 0 bridgehead atoms. The Balaban J connectivity index is 2.03.